The Morgan fingerprint density at radius 3 is 3.08 bits per heavy atom. The first-order chi connectivity index (χ1) is 12.1. The molecule has 0 bridgehead atoms. The number of benzene rings is 1. The van der Waals surface area contributed by atoms with Gasteiger partial charge in [-0.25, -0.2) is 9.97 Å². The van der Waals surface area contributed by atoms with E-state index < -0.39 is 0 Å². The molecule has 9 heteroatoms. The minimum atomic E-state index is -0.240. The summed E-state index contributed by atoms with van der Waals surface area (Å²) >= 11 is 0. The van der Waals surface area contributed by atoms with Gasteiger partial charge in [-0.2, -0.15) is 4.52 Å². The van der Waals surface area contributed by atoms with Crippen molar-refractivity contribution in [3.63, 3.8) is 0 Å². The van der Waals surface area contributed by atoms with Gasteiger partial charge < -0.3 is 14.8 Å². The van der Waals surface area contributed by atoms with Crippen LogP contribution >= 0.6 is 0 Å². The summed E-state index contributed by atoms with van der Waals surface area (Å²) in [5.74, 6) is 1.37. The van der Waals surface area contributed by atoms with Crippen LogP contribution < -0.4 is 20.3 Å². The van der Waals surface area contributed by atoms with Crippen LogP contribution in [0.5, 0.6) is 11.5 Å². The molecule has 1 aromatic carbocycles. The predicted octanol–water partition coefficient (Wildman–Crippen LogP) is 1.03. The quantitative estimate of drug-likeness (QED) is 0.733. The lowest BCUT2D eigenvalue weighted by Gasteiger charge is -2.07. The van der Waals surface area contributed by atoms with Crippen molar-refractivity contribution in [2.75, 3.05) is 12.1 Å². The Labute approximate surface area is 141 Å². The summed E-state index contributed by atoms with van der Waals surface area (Å²) < 4.78 is 11.8. The Morgan fingerprint density at radius 2 is 2.20 bits per heavy atom. The first kappa shape index (κ1) is 15.2. The molecule has 0 saturated heterocycles. The summed E-state index contributed by atoms with van der Waals surface area (Å²) in [4.78, 5) is 32.8. The van der Waals surface area contributed by atoms with Crippen molar-refractivity contribution in [2.45, 2.75) is 19.8 Å². The second-order valence-electron chi connectivity index (χ2n) is 5.62. The van der Waals surface area contributed by atoms with E-state index in [1.165, 1.54) is 10.8 Å². The second kappa shape index (κ2) is 5.93. The molecule has 0 saturated carbocycles. The number of aryl methyl sites for hydroxylation is 1. The molecule has 1 amide bonds. The van der Waals surface area contributed by atoms with E-state index in [0.29, 0.717) is 34.2 Å². The summed E-state index contributed by atoms with van der Waals surface area (Å²) in [5, 5.41) is 5.50. The zero-order valence-corrected chi connectivity index (χ0v) is 13.4. The van der Waals surface area contributed by atoms with Crippen LogP contribution in [0, 0.1) is 6.92 Å². The van der Waals surface area contributed by atoms with Crippen molar-refractivity contribution in [1.29, 1.82) is 0 Å². The highest BCUT2D eigenvalue weighted by Gasteiger charge is 2.15. The molecule has 2 aromatic heterocycles. The third kappa shape index (κ3) is 2.80. The Hall–Kier alpha value is -3.36. The number of nitrogens with one attached hydrogen (secondary N) is 2. The molecule has 0 spiro atoms. The van der Waals surface area contributed by atoms with Crippen molar-refractivity contribution in [1.82, 2.24) is 19.6 Å². The molecule has 25 heavy (non-hydrogen) atoms. The average molecular weight is 341 g/mol. The maximum atomic E-state index is 12.4. The van der Waals surface area contributed by atoms with E-state index in [-0.39, 0.29) is 31.1 Å². The molecule has 3 heterocycles. The largest absolute Gasteiger partial charge is 0.454 e. The fraction of sp³-hybridized carbons (Fsp3) is 0.250. The van der Waals surface area contributed by atoms with Gasteiger partial charge >= 0.3 is 0 Å². The number of hydrogen-bond acceptors (Lipinski definition) is 6. The van der Waals surface area contributed by atoms with Gasteiger partial charge in [-0.05, 0) is 25.5 Å². The van der Waals surface area contributed by atoms with E-state index in [1.54, 1.807) is 25.1 Å². The van der Waals surface area contributed by atoms with Crippen molar-refractivity contribution < 1.29 is 14.3 Å². The average Bonchev–Trinajstić information content (AvgIpc) is 3.22. The molecule has 1 aliphatic heterocycles. The van der Waals surface area contributed by atoms with E-state index in [0.717, 1.165) is 0 Å². The standard InChI is InChI=1S/C16H15N5O4/c1-9-11(15(23)21-16(19-9)17-7-18-21)3-5-14(22)20-10-2-4-12-13(6-10)25-8-24-12/h2,4,6-7H,3,5,8H2,1H3,(H,20,22)(H,17,18,19). The van der Waals surface area contributed by atoms with Crippen LogP contribution in [0.15, 0.2) is 29.3 Å². The van der Waals surface area contributed by atoms with E-state index in [4.69, 9.17) is 9.47 Å². The zero-order chi connectivity index (χ0) is 17.4. The van der Waals surface area contributed by atoms with E-state index in [2.05, 4.69) is 20.4 Å². The van der Waals surface area contributed by atoms with Crippen LogP contribution in [-0.2, 0) is 11.2 Å². The molecule has 2 N–H and O–H groups in total. The van der Waals surface area contributed by atoms with Gasteiger partial charge in [0.15, 0.2) is 11.5 Å². The molecule has 1 aliphatic rings. The molecule has 0 radical (unpaired) electrons. The van der Waals surface area contributed by atoms with Gasteiger partial charge in [0.25, 0.3) is 11.3 Å². The van der Waals surface area contributed by atoms with Crippen LogP contribution in [0.2, 0.25) is 0 Å². The van der Waals surface area contributed by atoms with Crippen molar-refractivity contribution in [3.05, 3.63) is 46.1 Å². The summed E-state index contributed by atoms with van der Waals surface area (Å²) in [6.45, 7) is 1.92. The Bertz CT molecular complexity index is 1020. The highest BCUT2D eigenvalue weighted by Crippen LogP contribution is 2.34. The number of carbonyl (C=O) groups is 1. The zero-order valence-electron chi connectivity index (χ0n) is 13.4. The third-order valence-electron chi connectivity index (χ3n) is 3.99. The molecule has 9 nitrogen and oxygen atoms in total. The first-order valence-corrected chi connectivity index (χ1v) is 7.73. The first-order valence-electron chi connectivity index (χ1n) is 7.73. The topological polar surface area (TPSA) is 111 Å². The summed E-state index contributed by atoms with van der Waals surface area (Å²) in [6.07, 6.45) is 1.85. The summed E-state index contributed by atoms with van der Waals surface area (Å²) in [6, 6.07) is 5.19. The molecule has 0 atom stereocenters. The maximum absolute atomic E-state index is 12.4. The molecule has 3 aromatic rings. The number of rotatable bonds is 4. The Balaban J connectivity index is 1.46. The van der Waals surface area contributed by atoms with Gasteiger partial charge in [0.05, 0.1) is 5.69 Å². The fourth-order valence-corrected chi connectivity index (χ4v) is 2.72. The lowest BCUT2D eigenvalue weighted by Crippen LogP contribution is -2.23. The van der Waals surface area contributed by atoms with Crippen LogP contribution in [0.4, 0.5) is 5.69 Å². The van der Waals surface area contributed by atoms with Crippen LogP contribution in [-0.4, -0.2) is 32.3 Å². The van der Waals surface area contributed by atoms with Gasteiger partial charge in [-0.15, -0.1) is 0 Å². The predicted molar refractivity (Wildman–Crippen MR) is 87.9 cm³/mol. The smallest absolute Gasteiger partial charge is 0.277 e. The van der Waals surface area contributed by atoms with Gasteiger partial charge in [-0.3, -0.25) is 14.7 Å². The Morgan fingerprint density at radius 1 is 1.36 bits per heavy atom. The highest BCUT2D eigenvalue weighted by molar-refractivity contribution is 5.91. The van der Waals surface area contributed by atoms with Gasteiger partial charge in [0, 0.05) is 23.7 Å². The lowest BCUT2D eigenvalue weighted by molar-refractivity contribution is -0.116. The number of hydrogen-bond donors (Lipinski definition) is 2. The van der Waals surface area contributed by atoms with E-state index >= 15 is 0 Å². The lowest BCUT2D eigenvalue weighted by atomic mass is 10.1. The number of fused-ring (bicyclic) bond motifs is 2. The van der Waals surface area contributed by atoms with Gasteiger partial charge in [0.1, 0.15) is 6.33 Å². The SMILES string of the molecule is Cc1nc2nc[nH]n2c(=O)c1CCC(=O)Nc1ccc2c(c1)OCO2. The summed E-state index contributed by atoms with van der Waals surface area (Å²) in [5.41, 5.74) is 1.44. The van der Waals surface area contributed by atoms with Crippen LogP contribution in [0.3, 0.4) is 0 Å². The number of aromatic nitrogens is 4. The molecule has 0 aliphatic carbocycles. The molecule has 4 rings (SSSR count). The Kier molecular flexibility index (Phi) is 3.60. The number of ether oxygens (including phenoxy) is 2. The highest BCUT2D eigenvalue weighted by atomic mass is 16.7. The fourth-order valence-electron chi connectivity index (χ4n) is 2.72. The molecular formula is C16H15N5O4. The second-order valence-corrected chi connectivity index (χ2v) is 5.62. The number of amides is 1. The molecule has 0 fully saturated rings. The van der Waals surface area contributed by atoms with Crippen LogP contribution in [0.1, 0.15) is 17.7 Å². The number of H-pyrrole nitrogens is 1. The molecule has 128 valence electrons. The van der Waals surface area contributed by atoms with Crippen molar-refractivity contribution in [3.8, 4) is 11.5 Å². The maximum Gasteiger partial charge on any atom is 0.277 e. The monoisotopic (exact) mass is 341 g/mol. The van der Waals surface area contributed by atoms with Crippen LogP contribution in [0.25, 0.3) is 5.78 Å². The third-order valence-corrected chi connectivity index (χ3v) is 3.99. The number of nitrogens with zero attached hydrogens (tertiary/aromatic N) is 3. The van der Waals surface area contributed by atoms with Crippen molar-refractivity contribution in [2.24, 2.45) is 0 Å². The number of carbonyl (C=O) groups excluding carboxylic acids is 1. The normalized spacial score (nSPS) is 12.5. The minimum absolute atomic E-state index is 0.159. The summed E-state index contributed by atoms with van der Waals surface area (Å²) in [7, 11) is 0. The number of anilines is 1. The van der Waals surface area contributed by atoms with E-state index in [1.807, 2.05) is 0 Å². The number of aromatic amines is 1. The van der Waals surface area contributed by atoms with Crippen molar-refractivity contribution >= 4 is 17.4 Å². The van der Waals surface area contributed by atoms with E-state index in [9.17, 15) is 9.59 Å². The molecular weight excluding hydrogens is 326 g/mol. The van der Waals surface area contributed by atoms with Gasteiger partial charge in [-0.1, -0.05) is 0 Å². The van der Waals surface area contributed by atoms with Gasteiger partial charge in [0.2, 0.25) is 12.7 Å². The minimum Gasteiger partial charge on any atom is -0.454 e. The molecule has 0 unspecified atom stereocenters.